The molecule has 4 rings (SSSR count). The summed E-state index contributed by atoms with van der Waals surface area (Å²) in [7, 11) is 0. The SMILES string of the molecule is O=C(NC[C@H]1CCCC[C@H]1C(=O)NC(CCO)C(=O)O)OCC1c2ccccc2-c2ccccc21. The third-order valence-corrected chi connectivity index (χ3v) is 7.13. The second kappa shape index (κ2) is 11.4. The zero-order valence-corrected chi connectivity index (χ0v) is 19.6. The average molecular weight is 481 g/mol. The van der Waals surface area contributed by atoms with Crippen LogP contribution in [0.2, 0.25) is 0 Å². The number of rotatable bonds is 9. The van der Waals surface area contributed by atoms with Gasteiger partial charge in [-0.25, -0.2) is 9.59 Å². The zero-order valence-electron chi connectivity index (χ0n) is 19.6. The number of benzene rings is 2. The fraction of sp³-hybridized carbons (Fsp3) is 0.444. The minimum absolute atomic E-state index is 0.0270. The van der Waals surface area contributed by atoms with Crippen LogP contribution in [0.15, 0.2) is 48.5 Å². The number of alkyl carbamates (subject to hydrolysis) is 1. The molecule has 2 amide bonds. The van der Waals surface area contributed by atoms with Crippen molar-refractivity contribution in [1.82, 2.24) is 10.6 Å². The summed E-state index contributed by atoms with van der Waals surface area (Å²) in [5, 5.41) is 23.7. The molecule has 2 aliphatic carbocycles. The van der Waals surface area contributed by atoms with Crippen LogP contribution in [0.25, 0.3) is 11.1 Å². The number of ether oxygens (including phenoxy) is 1. The van der Waals surface area contributed by atoms with Crippen LogP contribution in [-0.4, -0.2) is 54.0 Å². The van der Waals surface area contributed by atoms with E-state index >= 15 is 0 Å². The largest absolute Gasteiger partial charge is 0.480 e. The maximum atomic E-state index is 12.8. The number of carboxylic acids is 1. The normalized spacial score (nSPS) is 19.8. The molecule has 0 heterocycles. The smallest absolute Gasteiger partial charge is 0.407 e. The summed E-state index contributed by atoms with van der Waals surface area (Å²) in [5.74, 6) is -2.03. The van der Waals surface area contributed by atoms with Gasteiger partial charge in [-0.05, 0) is 41.0 Å². The van der Waals surface area contributed by atoms with Gasteiger partial charge in [-0.15, -0.1) is 0 Å². The molecule has 186 valence electrons. The van der Waals surface area contributed by atoms with E-state index in [0.29, 0.717) is 6.42 Å². The van der Waals surface area contributed by atoms with Gasteiger partial charge < -0.3 is 25.6 Å². The van der Waals surface area contributed by atoms with Crippen molar-refractivity contribution in [3.63, 3.8) is 0 Å². The molecule has 8 nitrogen and oxygen atoms in total. The van der Waals surface area contributed by atoms with E-state index in [2.05, 4.69) is 34.9 Å². The number of aliphatic carboxylic acids is 1. The summed E-state index contributed by atoms with van der Waals surface area (Å²) < 4.78 is 5.60. The van der Waals surface area contributed by atoms with Crippen LogP contribution < -0.4 is 10.6 Å². The Balaban J connectivity index is 1.32. The van der Waals surface area contributed by atoms with Gasteiger partial charge in [-0.1, -0.05) is 61.4 Å². The van der Waals surface area contributed by atoms with Gasteiger partial charge in [0.2, 0.25) is 5.91 Å². The molecule has 0 saturated heterocycles. The van der Waals surface area contributed by atoms with Crippen LogP contribution in [0, 0.1) is 11.8 Å². The lowest BCUT2D eigenvalue weighted by Crippen LogP contribution is -2.48. The highest BCUT2D eigenvalue weighted by Gasteiger charge is 2.34. The number of amides is 2. The molecule has 0 bridgehead atoms. The van der Waals surface area contributed by atoms with Crippen molar-refractivity contribution in [2.75, 3.05) is 19.8 Å². The van der Waals surface area contributed by atoms with Crippen LogP contribution in [0.5, 0.6) is 0 Å². The highest BCUT2D eigenvalue weighted by atomic mass is 16.5. The number of aliphatic hydroxyl groups is 1. The Morgan fingerprint density at radius 3 is 2.23 bits per heavy atom. The highest BCUT2D eigenvalue weighted by Crippen LogP contribution is 2.44. The Bertz CT molecular complexity index is 1030. The van der Waals surface area contributed by atoms with Gasteiger partial charge in [-0.3, -0.25) is 4.79 Å². The van der Waals surface area contributed by atoms with Gasteiger partial charge >= 0.3 is 12.1 Å². The van der Waals surface area contributed by atoms with Crippen molar-refractivity contribution >= 4 is 18.0 Å². The molecule has 8 heteroatoms. The predicted molar refractivity (Wildman–Crippen MR) is 130 cm³/mol. The molecule has 35 heavy (non-hydrogen) atoms. The van der Waals surface area contributed by atoms with E-state index in [0.717, 1.165) is 41.5 Å². The third-order valence-electron chi connectivity index (χ3n) is 7.13. The highest BCUT2D eigenvalue weighted by molar-refractivity contribution is 5.85. The predicted octanol–water partition coefficient (Wildman–Crippen LogP) is 3.28. The van der Waals surface area contributed by atoms with Gasteiger partial charge in [-0.2, -0.15) is 0 Å². The molecular formula is C27H32N2O6. The first kappa shape index (κ1) is 24.7. The Morgan fingerprint density at radius 2 is 1.60 bits per heavy atom. The monoisotopic (exact) mass is 480 g/mol. The van der Waals surface area contributed by atoms with Gasteiger partial charge in [0, 0.05) is 31.4 Å². The first-order valence-electron chi connectivity index (χ1n) is 12.2. The first-order valence-corrected chi connectivity index (χ1v) is 12.2. The summed E-state index contributed by atoms with van der Waals surface area (Å²) in [4.78, 5) is 36.7. The lowest BCUT2D eigenvalue weighted by molar-refractivity contribution is -0.143. The Hall–Kier alpha value is -3.39. The second-order valence-corrected chi connectivity index (χ2v) is 9.27. The van der Waals surface area contributed by atoms with Gasteiger partial charge in [0.05, 0.1) is 0 Å². The molecule has 1 fully saturated rings. The van der Waals surface area contributed by atoms with Crippen LogP contribution >= 0.6 is 0 Å². The van der Waals surface area contributed by atoms with E-state index in [4.69, 9.17) is 9.84 Å². The Morgan fingerprint density at radius 1 is 0.971 bits per heavy atom. The van der Waals surface area contributed by atoms with E-state index < -0.39 is 24.0 Å². The standard InChI is InChI=1S/C27H32N2O6/c30-14-13-24(26(32)33)29-25(31)18-8-2-1-7-17(18)15-28-27(34)35-16-23-21-11-5-3-9-19(21)20-10-4-6-12-22(20)23/h3-6,9-12,17-18,23-24,30H,1-2,7-8,13-16H2,(H,28,34)(H,29,31)(H,32,33)/t17-,18-,24?/m1/s1. The number of carbonyl (C=O) groups is 3. The fourth-order valence-electron chi connectivity index (χ4n) is 5.33. The molecule has 4 N–H and O–H groups in total. The van der Waals surface area contributed by atoms with Crippen molar-refractivity contribution < 1.29 is 29.3 Å². The van der Waals surface area contributed by atoms with Crippen LogP contribution in [0.3, 0.4) is 0 Å². The topological polar surface area (TPSA) is 125 Å². The summed E-state index contributed by atoms with van der Waals surface area (Å²) >= 11 is 0. The van der Waals surface area contributed by atoms with Crippen molar-refractivity contribution in [3.8, 4) is 11.1 Å². The van der Waals surface area contributed by atoms with Crippen molar-refractivity contribution in [2.24, 2.45) is 11.8 Å². The minimum atomic E-state index is -1.17. The van der Waals surface area contributed by atoms with Crippen molar-refractivity contribution in [2.45, 2.75) is 44.1 Å². The fourth-order valence-corrected chi connectivity index (χ4v) is 5.33. The molecule has 0 aromatic heterocycles. The first-order chi connectivity index (χ1) is 17.0. The maximum absolute atomic E-state index is 12.8. The van der Waals surface area contributed by atoms with Crippen LogP contribution in [-0.2, 0) is 14.3 Å². The number of hydrogen-bond acceptors (Lipinski definition) is 5. The van der Waals surface area contributed by atoms with E-state index in [1.807, 2.05) is 24.3 Å². The molecule has 0 spiro atoms. The Labute approximate surface area is 204 Å². The van der Waals surface area contributed by atoms with E-state index in [1.54, 1.807) is 0 Å². The lowest BCUT2D eigenvalue weighted by Gasteiger charge is -2.31. The van der Waals surface area contributed by atoms with Crippen molar-refractivity contribution in [1.29, 1.82) is 0 Å². The van der Waals surface area contributed by atoms with Gasteiger partial charge in [0.15, 0.2) is 0 Å². The van der Waals surface area contributed by atoms with E-state index in [9.17, 15) is 19.5 Å². The molecule has 1 saturated carbocycles. The average Bonchev–Trinajstić information content (AvgIpc) is 3.19. The molecule has 2 aromatic rings. The van der Waals surface area contributed by atoms with E-state index in [-0.39, 0.29) is 43.9 Å². The van der Waals surface area contributed by atoms with E-state index in [1.165, 1.54) is 0 Å². The summed E-state index contributed by atoms with van der Waals surface area (Å²) in [6.45, 7) is 0.178. The number of aliphatic hydroxyl groups excluding tert-OH is 1. The zero-order chi connectivity index (χ0) is 24.8. The molecule has 2 aliphatic rings. The van der Waals surface area contributed by atoms with Gasteiger partial charge in [0.25, 0.3) is 0 Å². The molecular weight excluding hydrogens is 448 g/mol. The molecule has 2 aromatic carbocycles. The van der Waals surface area contributed by atoms with Crippen molar-refractivity contribution in [3.05, 3.63) is 59.7 Å². The molecule has 1 unspecified atom stereocenters. The number of carbonyl (C=O) groups excluding carboxylic acids is 2. The summed E-state index contributed by atoms with van der Waals surface area (Å²) in [6.07, 6.45) is 2.64. The van der Waals surface area contributed by atoms with Gasteiger partial charge in [0.1, 0.15) is 12.6 Å². The summed E-state index contributed by atoms with van der Waals surface area (Å²) in [5.41, 5.74) is 4.60. The molecule has 0 aliphatic heterocycles. The number of hydrogen-bond donors (Lipinski definition) is 4. The lowest BCUT2D eigenvalue weighted by atomic mass is 9.78. The third kappa shape index (κ3) is 5.65. The number of carboxylic acid groups (broad SMARTS) is 1. The Kier molecular flexibility index (Phi) is 8.02. The summed E-state index contributed by atoms with van der Waals surface area (Å²) in [6, 6.07) is 15.2. The molecule has 0 radical (unpaired) electrons. The molecule has 3 atom stereocenters. The van der Waals surface area contributed by atoms with Crippen LogP contribution in [0.4, 0.5) is 4.79 Å². The maximum Gasteiger partial charge on any atom is 0.407 e. The quantitative estimate of drug-likeness (QED) is 0.437. The number of fused-ring (bicyclic) bond motifs is 3. The minimum Gasteiger partial charge on any atom is -0.480 e. The number of nitrogens with one attached hydrogen (secondary N) is 2. The van der Waals surface area contributed by atoms with Crippen LogP contribution in [0.1, 0.15) is 49.1 Å². The second-order valence-electron chi connectivity index (χ2n) is 9.27.